The average Bonchev–Trinajstić information content (AvgIpc) is 3.83. The summed E-state index contributed by atoms with van der Waals surface area (Å²) >= 11 is 0. The molecule has 268 valence electrons. The lowest BCUT2D eigenvalue weighted by Gasteiger charge is -2.27. The number of rotatable bonds is 7. The molecule has 11 rings (SSSR count). The Kier molecular flexibility index (Phi) is 7.82. The van der Waals surface area contributed by atoms with Gasteiger partial charge in [0.05, 0.1) is 16.7 Å². The highest BCUT2D eigenvalue weighted by Gasteiger charge is 2.19. The molecule has 0 unspecified atom stereocenters. The normalized spacial score (nSPS) is 11.5. The zero-order valence-electron chi connectivity index (χ0n) is 31.1. The summed E-state index contributed by atoms with van der Waals surface area (Å²) < 4.78 is 8.85. The molecule has 57 heavy (non-hydrogen) atoms. The van der Waals surface area contributed by atoms with Crippen molar-refractivity contribution in [3.05, 3.63) is 218 Å². The van der Waals surface area contributed by atoms with Crippen LogP contribution in [-0.4, -0.2) is 4.57 Å². The van der Waals surface area contributed by atoms with Crippen LogP contribution in [0, 0.1) is 0 Å². The van der Waals surface area contributed by atoms with Gasteiger partial charge in [-0.2, -0.15) is 0 Å². The van der Waals surface area contributed by atoms with Gasteiger partial charge < -0.3 is 13.9 Å². The molecule has 0 amide bonds. The minimum Gasteiger partial charge on any atom is -0.455 e. The molecular formula is C54H36N2O. The predicted octanol–water partition coefficient (Wildman–Crippen LogP) is 15.2. The minimum absolute atomic E-state index is 0.903. The number of hydrogen-bond donors (Lipinski definition) is 0. The minimum atomic E-state index is 0.903. The summed E-state index contributed by atoms with van der Waals surface area (Å²) in [5.41, 5.74) is 15.4. The molecule has 0 saturated carbocycles. The Balaban J connectivity index is 1.06. The van der Waals surface area contributed by atoms with Crippen LogP contribution in [0.5, 0.6) is 0 Å². The summed E-state index contributed by atoms with van der Waals surface area (Å²) in [6, 6.07) is 78.1. The first kappa shape index (κ1) is 32.8. The van der Waals surface area contributed by atoms with Crippen molar-refractivity contribution in [2.24, 2.45) is 0 Å². The molecule has 0 aliphatic carbocycles. The van der Waals surface area contributed by atoms with Crippen LogP contribution in [0.2, 0.25) is 0 Å². The molecule has 9 aromatic carbocycles. The van der Waals surface area contributed by atoms with Gasteiger partial charge in [0.25, 0.3) is 0 Å². The monoisotopic (exact) mass is 728 g/mol. The van der Waals surface area contributed by atoms with Crippen molar-refractivity contribution in [2.75, 3.05) is 4.90 Å². The van der Waals surface area contributed by atoms with E-state index >= 15 is 0 Å². The van der Waals surface area contributed by atoms with Crippen LogP contribution >= 0.6 is 0 Å². The second-order valence-corrected chi connectivity index (χ2v) is 14.5. The summed E-state index contributed by atoms with van der Waals surface area (Å²) in [5.74, 6) is 0. The quantitative estimate of drug-likeness (QED) is 0.163. The lowest BCUT2D eigenvalue weighted by molar-refractivity contribution is 0.670. The van der Waals surface area contributed by atoms with Gasteiger partial charge in [-0.25, -0.2) is 0 Å². The van der Waals surface area contributed by atoms with Crippen molar-refractivity contribution in [2.45, 2.75) is 0 Å². The summed E-state index contributed by atoms with van der Waals surface area (Å²) in [6.45, 7) is 0. The Bertz CT molecular complexity index is 3190. The fourth-order valence-electron chi connectivity index (χ4n) is 8.57. The van der Waals surface area contributed by atoms with Gasteiger partial charge in [-0.1, -0.05) is 158 Å². The number of benzene rings is 9. The number of nitrogens with zero attached hydrogens (tertiary/aromatic N) is 2. The molecule has 0 bridgehead atoms. The zero-order valence-corrected chi connectivity index (χ0v) is 31.1. The molecule has 0 atom stereocenters. The van der Waals surface area contributed by atoms with Crippen molar-refractivity contribution in [3.63, 3.8) is 0 Å². The van der Waals surface area contributed by atoms with E-state index in [-0.39, 0.29) is 0 Å². The maximum Gasteiger partial charge on any atom is 0.143 e. The summed E-state index contributed by atoms with van der Waals surface area (Å²) in [7, 11) is 0. The number of furan rings is 1. The summed E-state index contributed by atoms with van der Waals surface area (Å²) in [6.07, 6.45) is 0. The zero-order chi connectivity index (χ0) is 37.7. The largest absolute Gasteiger partial charge is 0.455 e. The number of aromatic nitrogens is 1. The lowest BCUT2D eigenvalue weighted by atomic mass is 10.00. The van der Waals surface area contributed by atoms with E-state index in [4.69, 9.17) is 4.42 Å². The van der Waals surface area contributed by atoms with Gasteiger partial charge in [0.2, 0.25) is 0 Å². The number of anilines is 3. The van der Waals surface area contributed by atoms with E-state index in [0.29, 0.717) is 0 Å². The molecule has 3 heteroatoms. The topological polar surface area (TPSA) is 21.3 Å². The second kappa shape index (κ2) is 13.6. The molecule has 0 radical (unpaired) electrons. The molecule has 2 aromatic heterocycles. The molecule has 3 nitrogen and oxygen atoms in total. The molecule has 0 aliphatic rings. The smallest absolute Gasteiger partial charge is 0.143 e. The molecule has 0 N–H and O–H groups in total. The van der Waals surface area contributed by atoms with Crippen molar-refractivity contribution in [3.8, 4) is 39.1 Å². The third-order valence-corrected chi connectivity index (χ3v) is 11.2. The fourth-order valence-corrected chi connectivity index (χ4v) is 8.57. The van der Waals surface area contributed by atoms with Gasteiger partial charge >= 0.3 is 0 Å². The van der Waals surface area contributed by atoms with Crippen LogP contribution in [0.1, 0.15) is 0 Å². The van der Waals surface area contributed by atoms with Crippen LogP contribution in [0.4, 0.5) is 17.1 Å². The van der Waals surface area contributed by atoms with Gasteiger partial charge in [0.15, 0.2) is 0 Å². The third-order valence-electron chi connectivity index (χ3n) is 11.2. The van der Waals surface area contributed by atoms with E-state index in [2.05, 4.69) is 216 Å². The Labute approximate surface area is 330 Å². The molecule has 0 saturated heterocycles. The SMILES string of the molecule is c1ccc(-c2cccc(N(c3ccc(-c4cccc5c4oc4ccccc45)cc3)c3cccc(-c4ccccc4-n4c5ccccc5c5ccccc54)c3)c2)cc1. The fraction of sp³-hybridized carbons (Fsp3) is 0. The van der Waals surface area contributed by atoms with Crippen molar-refractivity contribution >= 4 is 60.8 Å². The van der Waals surface area contributed by atoms with E-state index in [0.717, 1.165) is 66.9 Å². The maximum atomic E-state index is 6.44. The van der Waals surface area contributed by atoms with E-state index in [1.54, 1.807) is 0 Å². The molecule has 0 fully saturated rings. The maximum absolute atomic E-state index is 6.44. The van der Waals surface area contributed by atoms with Crippen LogP contribution < -0.4 is 4.90 Å². The van der Waals surface area contributed by atoms with Gasteiger partial charge in [0.1, 0.15) is 11.2 Å². The summed E-state index contributed by atoms with van der Waals surface area (Å²) in [4.78, 5) is 2.37. The van der Waals surface area contributed by atoms with Crippen molar-refractivity contribution < 1.29 is 4.42 Å². The number of fused-ring (bicyclic) bond motifs is 6. The first-order valence-corrected chi connectivity index (χ1v) is 19.4. The molecule has 0 spiro atoms. The highest BCUT2D eigenvalue weighted by molar-refractivity contribution is 6.10. The van der Waals surface area contributed by atoms with Crippen LogP contribution in [0.25, 0.3) is 82.8 Å². The van der Waals surface area contributed by atoms with Gasteiger partial charge in [-0.15, -0.1) is 0 Å². The van der Waals surface area contributed by atoms with Crippen molar-refractivity contribution in [1.82, 2.24) is 4.57 Å². The van der Waals surface area contributed by atoms with Gasteiger partial charge in [-0.05, 0) is 82.9 Å². The average molecular weight is 729 g/mol. The molecular weight excluding hydrogens is 693 g/mol. The highest BCUT2D eigenvalue weighted by Crippen LogP contribution is 2.42. The van der Waals surface area contributed by atoms with Crippen molar-refractivity contribution in [1.29, 1.82) is 0 Å². The van der Waals surface area contributed by atoms with Crippen LogP contribution in [0.3, 0.4) is 0 Å². The number of para-hydroxylation sites is 5. The van der Waals surface area contributed by atoms with Gasteiger partial charge in [0, 0.05) is 49.7 Å². The Hall–Kier alpha value is -7.62. The van der Waals surface area contributed by atoms with Crippen LogP contribution in [-0.2, 0) is 0 Å². The summed E-state index contributed by atoms with van der Waals surface area (Å²) in [5, 5.41) is 4.77. The van der Waals surface area contributed by atoms with Crippen LogP contribution in [0.15, 0.2) is 223 Å². The van der Waals surface area contributed by atoms with E-state index in [9.17, 15) is 0 Å². The van der Waals surface area contributed by atoms with E-state index < -0.39 is 0 Å². The molecule has 11 aromatic rings. The number of hydrogen-bond acceptors (Lipinski definition) is 2. The predicted molar refractivity (Wildman–Crippen MR) is 239 cm³/mol. The Morgan fingerprint density at radius 1 is 0.333 bits per heavy atom. The molecule has 0 aliphatic heterocycles. The van der Waals surface area contributed by atoms with Gasteiger partial charge in [-0.3, -0.25) is 0 Å². The Morgan fingerprint density at radius 2 is 0.877 bits per heavy atom. The first-order valence-electron chi connectivity index (χ1n) is 19.4. The second-order valence-electron chi connectivity index (χ2n) is 14.5. The van der Waals surface area contributed by atoms with E-state index in [1.165, 1.54) is 32.9 Å². The van der Waals surface area contributed by atoms with E-state index in [1.807, 2.05) is 12.1 Å². The molecule has 2 heterocycles. The first-order chi connectivity index (χ1) is 28.3. The highest BCUT2D eigenvalue weighted by atomic mass is 16.3. The third kappa shape index (κ3) is 5.60. The Morgan fingerprint density at radius 3 is 1.63 bits per heavy atom. The standard InChI is InChI=1S/C54H36N2O/c1-2-15-37(16-3-1)39-17-12-19-42(35-39)55(41-33-31-38(32-34-41)45-25-14-26-49-48-24-7-11-30-53(48)57-54(45)49)43-20-13-18-40(36-43)44-21-4-8-27-50(44)56-51-28-9-5-22-46(51)47-23-6-10-29-52(47)56/h1-36H. The lowest BCUT2D eigenvalue weighted by Crippen LogP contribution is -2.10.